The molecule has 3 aromatic rings. The molecule has 0 saturated carbocycles. The van der Waals surface area contributed by atoms with Crippen LogP contribution in [0.15, 0.2) is 12.1 Å². The lowest BCUT2D eigenvalue weighted by Gasteiger charge is -2.25. The van der Waals surface area contributed by atoms with E-state index in [9.17, 15) is 8.68 Å². The number of carbonyl (C=O) groups excluding carboxylic acids is 1. The summed E-state index contributed by atoms with van der Waals surface area (Å²) in [7, 11) is 1.70. The zero-order valence-electron chi connectivity index (χ0n) is 20.3. The van der Waals surface area contributed by atoms with Gasteiger partial charge in [0.2, 0.25) is 0 Å². The highest BCUT2D eigenvalue weighted by Gasteiger charge is 2.31. The molecular weight excluding hydrogens is 441 g/mol. The predicted molar refractivity (Wildman–Crippen MR) is 131 cm³/mol. The second-order valence-electron chi connectivity index (χ2n) is 10.1. The minimum absolute atomic E-state index is 0.137. The Labute approximate surface area is 198 Å². The van der Waals surface area contributed by atoms with Crippen molar-refractivity contribution in [1.29, 1.82) is 0 Å². The van der Waals surface area contributed by atoms with E-state index >= 15 is 0 Å². The first-order valence-corrected chi connectivity index (χ1v) is 12.1. The molecule has 0 aliphatic heterocycles. The third-order valence-corrected chi connectivity index (χ3v) is 6.88. The molecule has 0 saturated heterocycles. The molecule has 1 amide bonds. The van der Waals surface area contributed by atoms with Gasteiger partial charge in [0.1, 0.15) is 11.3 Å². The van der Waals surface area contributed by atoms with E-state index in [1.165, 1.54) is 8.99 Å². The zero-order chi connectivity index (χ0) is 24.1. The topological polar surface area (TPSA) is 76.0 Å². The number of carbonyl (C=O) groups is 1. The molecular formula is C24H32FN5O2S. The Kier molecular flexibility index (Phi) is 6.20. The van der Waals surface area contributed by atoms with E-state index in [2.05, 4.69) is 30.9 Å². The van der Waals surface area contributed by atoms with Crippen molar-refractivity contribution >= 4 is 35.1 Å². The highest BCUT2D eigenvalue weighted by Crippen LogP contribution is 2.38. The van der Waals surface area contributed by atoms with Gasteiger partial charge in [-0.15, -0.1) is 3.89 Å². The number of hydrogen-bond donors (Lipinski definition) is 1. The van der Waals surface area contributed by atoms with Crippen molar-refractivity contribution in [2.45, 2.75) is 66.4 Å². The van der Waals surface area contributed by atoms with Crippen molar-refractivity contribution in [3.8, 4) is 11.5 Å². The summed E-state index contributed by atoms with van der Waals surface area (Å²) < 4.78 is 20.6. The Morgan fingerprint density at radius 3 is 2.64 bits per heavy atom. The number of aromatic amines is 1. The lowest BCUT2D eigenvalue weighted by atomic mass is 9.80. The van der Waals surface area contributed by atoms with Crippen LogP contribution < -0.4 is 4.90 Å². The Balaban J connectivity index is 1.77. The van der Waals surface area contributed by atoms with Crippen LogP contribution in [0.25, 0.3) is 22.6 Å². The SMILES string of the molecule is CCc1cc(N(C)C(=O)OC(C)(C)C)cc2[nH]c(-c3nn(SF)c4c3CC(C)[C@H](C)C4)nc12. The van der Waals surface area contributed by atoms with Crippen molar-refractivity contribution in [1.82, 2.24) is 19.2 Å². The number of aromatic nitrogens is 4. The maximum atomic E-state index is 13.7. The van der Waals surface area contributed by atoms with Gasteiger partial charge in [-0.3, -0.25) is 4.90 Å². The molecule has 2 aromatic heterocycles. The van der Waals surface area contributed by atoms with E-state index in [4.69, 9.17) is 9.72 Å². The number of halogens is 1. The van der Waals surface area contributed by atoms with Crippen LogP contribution in [0.1, 0.15) is 58.4 Å². The molecule has 1 N–H and O–H groups in total. The van der Waals surface area contributed by atoms with Crippen molar-refractivity contribution in [2.75, 3.05) is 11.9 Å². The average molecular weight is 474 g/mol. The number of rotatable bonds is 4. The van der Waals surface area contributed by atoms with Gasteiger partial charge in [-0.2, -0.15) is 9.19 Å². The first-order chi connectivity index (χ1) is 15.5. The minimum Gasteiger partial charge on any atom is -0.443 e. The predicted octanol–water partition coefficient (Wildman–Crippen LogP) is 6.11. The molecule has 2 atom stereocenters. The lowest BCUT2D eigenvalue weighted by molar-refractivity contribution is 0.0589. The number of anilines is 1. The van der Waals surface area contributed by atoms with Crippen molar-refractivity contribution < 1.29 is 13.4 Å². The van der Waals surface area contributed by atoms with Crippen LogP contribution in [0.3, 0.4) is 0 Å². The fourth-order valence-corrected chi connectivity index (χ4v) is 4.72. The number of nitrogens with one attached hydrogen (secondary N) is 1. The maximum Gasteiger partial charge on any atom is 0.414 e. The van der Waals surface area contributed by atoms with Gasteiger partial charge in [0, 0.05) is 18.3 Å². The lowest BCUT2D eigenvalue weighted by Crippen LogP contribution is -2.34. The molecule has 7 nitrogen and oxygen atoms in total. The number of ether oxygens (including phenoxy) is 1. The summed E-state index contributed by atoms with van der Waals surface area (Å²) >= 11 is 0.137. The molecule has 2 heterocycles. The van der Waals surface area contributed by atoms with Gasteiger partial charge in [-0.25, -0.2) is 9.78 Å². The molecule has 33 heavy (non-hydrogen) atoms. The summed E-state index contributed by atoms with van der Waals surface area (Å²) in [4.78, 5) is 22.4. The second kappa shape index (κ2) is 8.66. The normalized spacial score (nSPS) is 18.4. The Morgan fingerprint density at radius 2 is 2.00 bits per heavy atom. The number of aryl methyl sites for hydroxylation is 1. The van der Waals surface area contributed by atoms with Gasteiger partial charge in [-0.1, -0.05) is 20.8 Å². The van der Waals surface area contributed by atoms with Crippen LogP contribution >= 0.6 is 12.3 Å². The van der Waals surface area contributed by atoms with Crippen LogP contribution in [0.2, 0.25) is 0 Å². The summed E-state index contributed by atoms with van der Waals surface area (Å²) in [5, 5.41) is 4.55. The zero-order valence-corrected chi connectivity index (χ0v) is 21.1. The van der Waals surface area contributed by atoms with Crippen LogP contribution in [0, 0.1) is 11.8 Å². The Bertz CT molecular complexity index is 1200. The van der Waals surface area contributed by atoms with Crippen molar-refractivity contribution in [3.63, 3.8) is 0 Å². The highest BCUT2D eigenvalue weighted by atomic mass is 32.2. The van der Waals surface area contributed by atoms with E-state index in [0.29, 0.717) is 23.4 Å². The molecule has 4 rings (SSSR count). The summed E-state index contributed by atoms with van der Waals surface area (Å²) in [5.41, 5.74) is 5.50. The fraction of sp³-hybridized carbons (Fsp3) is 0.542. The van der Waals surface area contributed by atoms with Crippen LogP contribution in [-0.2, 0) is 24.0 Å². The molecule has 178 valence electrons. The fourth-order valence-electron chi connectivity index (χ4n) is 4.34. The monoisotopic (exact) mass is 473 g/mol. The molecule has 1 aromatic carbocycles. The van der Waals surface area contributed by atoms with E-state index in [0.717, 1.165) is 52.8 Å². The first kappa shape index (κ1) is 23.6. The number of amides is 1. The molecule has 1 aliphatic carbocycles. The molecule has 1 unspecified atom stereocenters. The van der Waals surface area contributed by atoms with E-state index in [1.807, 2.05) is 32.9 Å². The number of nitrogens with zero attached hydrogens (tertiary/aromatic N) is 4. The first-order valence-electron chi connectivity index (χ1n) is 11.4. The van der Waals surface area contributed by atoms with E-state index < -0.39 is 11.7 Å². The summed E-state index contributed by atoms with van der Waals surface area (Å²) in [5.74, 6) is 1.59. The number of imidazole rings is 1. The molecule has 0 fully saturated rings. The highest BCUT2D eigenvalue weighted by molar-refractivity contribution is 7.92. The van der Waals surface area contributed by atoms with Crippen molar-refractivity contribution in [3.05, 3.63) is 29.0 Å². The number of fused-ring (bicyclic) bond motifs is 2. The second-order valence-corrected chi connectivity index (χ2v) is 10.5. The smallest absolute Gasteiger partial charge is 0.414 e. The summed E-state index contributed by atoms with van der Waals surface area (Å²) in [6, 6.07) is 3.86. The van der Waals surface area contributed by atoms with Crippen molar-refractivity contribution in [2.24, 2.45) is 11.8 Å². The molecule has 0 radical (unpaired) electrons. The third kappa shape index (κ3) is 4.47. The van der Waals surface area contributed by atoms with Crippen LogP contribution in [0.4, 0.5) is 14.4 Å². The Morgan fingerprint density at radius 1 is 1.30 bits per heavy atom. The van der Waals surface area contributed by atoms with E-state index in [-0.39, 0.29) is 12.3 Å². The van der Waals surface area contributed by atoms with Crippen LogP contribution in [0.5, 0.6) is 0 Å². The number of benzene rings is 1. The third-order valence-electron chi connectivity index (χ3n) is 6.44. The average Bonchev–Trinajstić information content (AvgIpc) is 3.32. The molecule has 0 bridgehead atoms. The summed E-state index contributed by atoms with van der Waals surface area (Å²) in [6.07, 6.45) is 1.97. The number of H-pyrrole nitrogens is 1. The van der Waals surface area contributed by atoms with Gasteiger partial charge in [0.05, 0.1) is 16.7 Å². The van der Waals surface area contributed by atoms with Gasteiger partial charge >= 0.3 is 6.09 Å². The number of hydrogen-bond acceptors (Lipinski definition) is 5. The minimum atomic E-state index is -0.578. The Hall–Kier alpha value is -2.55. The molecule has 9 heteroatoms. The standard InChI is InChI=1S/C24H32FN5O2S/c1-8-15-11-16(29(7)23(31)32-24(4,5)6)12-18-20(15)27-22(26-18)21-17-9-13(2)14(3)10-19(17)30(28-21)33-25/h11-14H,8-10H2,1-7H3,(H,26,27)/t13?,14-/m1/s1. The molecule has 1 aliphatic rings. The maximum absolute atomic E-state index is 13.7. The van der Waals surface area contributed by atoms with Gasteiger partial charge in [0.15, 0.2) is 18.2 Å². The largest absolute Gasteiger partial charge is 0.443 e. The van der Waals surface area contributed by atoms with Gasteiger partial charge < -0.3 is 9.72 Å². The molecule has 0 spiro atoms. The van der Waals surface area contributed by atoms with Gasteiger partial charge in [-0.05, 0) is 69.6 Å². The quantitative estimate of drug-likeness (QED) is 0.495. The van der Waals surface area contributed by atoms with Gasteiger partial charge in [0.25, 0.3) is 0 Å². The van der Waals surface area contributed by atoms with Crippen LogP contribution in [-0.4, -0.2) is 37.9 Å². The summed E-state index contributed by atoms with van der Waals surface area (Å²) in [6.45, 7) is 12.0. The van der Waals surface area contributed by atoms with E-state index in [1.54, 1.807) is 7.05 Å².